The molecule has 1 aliphatic rings. The third-order valence-corrected chi connectivity index (χ3v) is 5.03. The highest BCUT2D eigenvalue weighted by Gasteiger charge is 2.25. The van der Waals surface area contributed by atoms with Gasteiger partial charge in [-0.1, -0.05) is 30.3 Å². The highest BCUT2D eigenvalue weighted by Crippen LogP contribution is 2.36. The van der Waals surface area contributed by atoms with Crippen molar-refractivity contribution in [2.75, 3.05) is 39.9 Å². The van der Waals surface area contributed by atoms with E-state index in [9.17, 15) is 0 Å². The van der Waals surface area contributed by atoms with Gasteiger partial charge in [-0.15, -0.1) is 0 Å². The second kappa shape index (κ2) is 9.06. The van der Waals surface area contributed by atoms with Gasteiger partial charge in [-0.25, -0.2) is 0 Å². The van der Waals surface area contributed by atoms with Crippen LogP contribution in [0.2, 0.25) is 0 Å². The molecule has 2 aromatic rings. The first-order valence-electron chi connectivity index (χ1n) is 9.55. The molecule has 1 fully saturated rings. The summed E-state index contributed by atoms with van der Waals surface area (Å²) >= 11 is 0. The Bertz CT molecular complexity index is 709. The maximum absolute atomic E-state index is 5.84. The summed E-state index contributed by atoms with van der Waals surface area (Å²) in [5.41, 5.74) is 3.94. The molecule has 0 aromatic heterocycles. The molecule has 26 heavy (non-hydrogen) atoms. The summed E-state index contributed by atoms with van der Waals surface area (Å²) in [6.45, 7) is 9.07. The number of aryl methyl sites for hydroxylation is 1. The number of rotatable bonds is 6. The summed E-state index contributed by atoms with van der Waals surface area (Å²) < 4.78 is 11.3. The van der Waals surface area contributed by atoms with Gasteiger partial charge in [0.2, 0.25) is 0 Å². The van der Waals surface area contributed by atoms with E-state index in [2.05, 4.69) is 53.5 Å². The van der Waals surface area contributed by atoms with Crippen molar-refractivity contribution in [3.8, 4) is 11.5 Å². The Balaban J connectivity index is 2.05. The third-order valence-electron chi connectivity index (χ3n) is 5.03. The summed E-state index contributed by atoms with van der Waals surface area (Å²) in [5.74, 6) is 1.61. The van der Waals surface area contributed by atoms with Crippen LogP contribution in [0.4, 0.5) is 0 Å². The highest BCUT2D eigenvalue weighted by atomic mass is 16.5. The molecule has 1 saturated heterocycles. The van der Waals surface area contributed by atoms with Crippen LogP contribution >= 0.6 is 0 Å². The molecule has 140 valence electrons. The molecule has 0 radical (unpaired) electrons. The van der Waals surface area contributed by atoms with Gasteiger partial charge in [-0.05, 0) is 55.6 Å². The molecule has 4 nitrogen and oxygen atoms in total. The summed E-state index contributed by atoms with van der Waals surface area (Å²) in [5, 5.41) is 3.51. The molecule has 1 heterocycles. The Hall–Kier alpha value is -2.04. The molecule has 1 atom stereocenters. The van der Waals surface area contributed by atoms with E-state index in [4.69, 9.17) is 9.47 Å². The van der Waals surface area contributed by atoms with Crippen molar-refractivity contribution in [3.05, 3.63) is 59.2 Å². The zero-order chi connectivity index (χ0) is 18.4. The van der Waals surface area contributed by atoms with Crippen LogP contribution in [0.15, 0.2) is 42.5 Å². The molecule has 0 amide bonds. The van der Waals surface area contributed by atoms with Crippen molar-refractivity contribution in [2.45, 2.75) is 26.3 Å². The van der Waals surface area contributed by atoms with Crippen LogP contribution in [0, 0.1) is 6.92 Å². The van der Waals surface area contributed by atoms with E-state index < -0.39 is 0 Å². The van der Waals surface area contributed by atoms with Crippen molar-refractivity contribution < 1.29 is 9.47 Å². The van der Waals surface area contributed by atoms with E-state index in [1.165, 1.54) is 16.7 Å². The molecule has 0 aliphatic carbocycles. The zero-order valence-electron chi connectivity index (χ0n) is 16.1. The van der Waals surface area contributed by atoms with E-state index in [0.717, 1.165) is 44.1 Å². The molecule has 1 unspecified atom stereocenters. The van der Waals surface area contributed by atoms with Crippen LogP contribution in [0.5, 0.6) is 11.5 Å². The van der Waals surface area contributed by atoms with Crippen molar-refractivity contribution >= 4 is 0 Å². The maximum Gasteiger partial charge on any atom is 0.161 e. The Morgan fingerprint density at radius 2 is 1.92 bits per heavy atom. The van der Waals surface area contributed by atoms with E-state index in [0.29, 0.717) is 6.61 Å². The van der Waals surface area contributed by atoms with Crippen molar-refractivity contribution in [2.24, 2.45) is 0 Å². The average molecular weight is 354 g/mol. The Morgan fingerprint density at radius 1 is 1.08 bits per heavy atom. The number of benzene rings is 2. The van der Waals surface area contributed by atoms with E-state index >= 15 is 0 Å². The standard InChI is InChI=1S/C22H30N2O2/c1-4-26-21-16-18(10-11-20(21)25-3)22(19-9-6-5-8-17(19)2)24-14-7-12-23-13-15-24/h5-6,8-11,16,22-23H,4,7,12-15H2,1-3H3. The van der Waals surface area contributed by atoms with Gasteiger partial charge >= 0.3 is 0 Å². The number of ether oxygens (including phenoxy) is 2. The first kappa shape index (κ1) is 18.7. The monoisotopic (exact) mass is 354 g/mol. The summed E-state index contributed by atoms with van der Waals surface area (Å²) in [7, 11) is 1.69. The lowest BCUT2D eigenvalue weighted by Gasteiger charge is -2.32. The fourth-order valence-corrected chi connectivity index (χ4v) is 3.74. The number of nitrogens with zero attached hydrogens (tertiary/aromatic N) is 1. The molecule has 0 spiro atoms. The summed E-state index contributed by atoms with van der Waals surface area (Å²) in [6.07, 6.45) is 1.16. The predicted octanol–water partition coefficient (Wildman–Crippen LogP) is 3.79. The van der Waals surface area contributed by atoms with Gasteiger partial charge in [0.1, 0.15) is 0 Å². The number of methoxy groups -OCH3 is 1. The SMILES string of the molecule is CCOc1cc(C(c2ccccc2C)N2CCCNCC2)ccc1OC. The van der Waals surface area contributed by atoms with Crippen LogP contribution in [0.25, 0.3) is 0 Å². The Kier molecular flexibility index (Phi) is 6.53. The smallest absolute Gasteiger partial charge is 0.161 e. The molecule has 1 aliphatic heterocycles. The fraction of sp³-hybridized carbons (Fsp3) is 0.455. The summed E-state index contributed by atoms with van der Waals surface area (Å²) in [4.78, 5) is 2.58. The van der Waals surface area contributed by atoms with E-state index in [1.807, 2.05) is 13.0 Å². The van der Waals surface area contributed by atoms with Crippen LogP contribution in [0.1, 0.15) is 36.1 Å². The second-order valence-electron chi connectivity index (χ2n) is 6.74. The van der Waals surface area contributed by atoms with E-state index in [1.54, 1.807) is 7.11 Å². The second-order valence-corrected chi connectivity index (χ2v) is 6.74. The minimum atomic E-state index is 0.223. The van der Waals surface area contributed by atoms with Crippen LogP contribution in [0.3, 0.4) is 0 Å². The van der Waals surface area contributed by atoms with Gasteiger partial charge in [0.25, 0.3) is 0 Å². The molecular formula is C22H30N2O2. The van der Waals surface area contributed by atoms with Crippen molar-refractivity contribution in [1.29, 1.82) is 0 Å². The highest BCUT2D eigenvalue weighted by molar-refractivity contribution is 5.47. The lowest BCUT2D eigenvalue weighted by atomic mass is 9.93. The molecule has 4 heteroatoms. The minimum absolute atomic E-state index is 0.223. The van der Waals surface area contributed by atoms with Gasteiger partial charge in [-0.3, -0.25) is 4.90 Å². The van der Waals surface area contributed by atoms with Crippen LogP contribution < -0.4 is 14.8 Å². The quantitative estimate of drug-likeness (QED) is 0.856. The van der Waals surface area contributed by atoms with Gasteiger partial charge in [0.05, 0.1) is 19.8 Å². The lowest BCUT2D eigenvalue weighted by Crippen LogP contribution is -2.33. The number of hydrogen-bond acceptors (Lipinski definition) is 4. The Morgan fingerprint density at radius 3 is 2.69 bits per heavy atom. The van der Waals surface area contributed by atoms with Gasteiger partial charge < -0.3 is 14.8 Å². The van der Waals surface area contributed by atoms with Crippen molar-refractivity contribution in [3.63, 3.8) is 0 Å². The van der Waals surface area contributed by atoms with Gasteiger partial charge in [-0.2, -0.15) is 0 Å². The maximum atomic E-state index is 5.84. The zero-order valence-corrected chi connectivity index (χ0v) is 16.1. The number of nitrogens with one attached hydrogen (secondary N) is 1. The van der Waals surface area contributed by atoms with E-state index in [-0.39, 0.29) is 6.04 Å². The minimum Gasteiger partial charge on any atom is -0.493 e. The topological polar surface area (TPSA) is 33.7 Å². The molecule has 0 saturated carbocycles. The number of hydrogen-bond donors (Lipinski definition) is 1. The average Bonchev–Trinajstić information content (AvgIpc) is 2.93. The normalized spacial score (nSPS) is 16.7. The van der Waals surface area contributed by atoms with Gasteiger partial charge in [0, 0.05) is 19.6 Å². The molecular weight excluding hydrogens is 324 g/mol. The lowest BCUT2D eigenvalue weighted by molar-refractivity contribution is 0.239. The van der Waals surface area contributed by atoms with Crippen LogP contribution in [-0.2, 0) is 0 Å². The summed E-state index contributed by atoms with van der Waals surface area (Å²) in [6, 6.07) is 15.3. The van der Waals surface area contributed by atoms with Crippen molar-refractivity contribution in [1.82, 2.24) is 10.2 Å². The largest absolute Gasteiger partial charge is 0.493 e. The molecule has 1 N–H and O–H groups in total. The molecule has 0 bridgehead atoms. The first-order chi connectivity index (χ1) is 12.7. The van der Waals surface area contributed by atoms with Gasteiger partial charge in [0.15, 0.2) is 11.5 Å². The fourth-order valence-electron chi connectivity index (χ4n) is 3.74. The molecule has 3 rings (SSSR count). The molecule has 2 aromatic carbocycles. The van der Waals surface area contributed by atoms with Crippen LogP contribution in [-0.4, -0.2) is 44.8 Å². The first-order valence-corrected chi connectivity index (χ1v) is 9.55. The Labute approximate surface area is 157 Å². The third kappa shape index (κ3) is 4.19. The predicted molar refractivity (Wildman–Crippen MR) is 106 cm³/mol.